The van der Waals surface area contributed by atoms with Crippen LogP contribution in [0, 0.1) is 11.8 Å². The molecule has 1 amide bonds. The summed E-state index contributed by atoms with van der Waals surface area (Å²) in [6.07, 6.45) is 4.93. The predicted molar refractivity (Wildman–Crippen MR) is 118 cm³/mol. The number of benzene rings is 1. The zero-order valence-corrected chi connectivity index (χ0v) is 18.4. The topological polar surface area (TPSA) is 58.1 Å². The van der Waals surface area contributed by atoms with E-state index >= 15 is 0 Å². The molecule has 1 N–H and O–H groups in total. The second-order valence-electron chi connectivity index (χ2n) is 7.48. The average Bonchev–Trinajstić information content (AvgIpc) is 2.70. The monoisotopic (exact) mass is 416 g/mol. The van der Waals surface area contributed by atoms with Gasteiger partial charge >= 0.3 is 0 Å². The minimum atomic E-state index is 0.0133. The molecule has 2 aromatic rings. The number of nitrogens with one attached hydrogen (secondary N) is 1. The number of piperidine rings is 1. The number of rotatable bonds is 7. The number of hydrogen-bond acceptors (Lipinski definition) is 6. The van der Waals surface area contributed by atoms with Gasteiger partial charge in [-0.2, -0.15) is 0 Å². The summed E-state index contributed by atoms with van der Waals surface area (Å²) in [5.41, 5.74) is 1.11. The summed E-state index contributed by atoms with van der Waals surface area (Å²) >= 11 is 3.17. The second kappa shape index (κ2) is 10.2. The molecule has 1 saturated heterocycles. The lowest BCUT2D eigenvalue weighted by Crippen LogP contribution is -2.39. The van der Waals surface area contributed by atoms with Crippen molar-refractivity contribution in [2.75, 3.05) is 30.0 Å². The molecule has 3 rings (SSSR count). The number of thioether (sulfide) groups is 2. The highest BCUT2D eigenvalue weighted by Gasteiger charge is 2.23. The molecular weight excluding hydrogens is 388 g/mol. The molecule has 5 nitrogen and oxygen atoms in total. The highest BCUT2D eigenvalue weighted by Crippen LogP contribution is 2.26. The Morgan fingerprint density at radius 3 is 2.57 bits per heavy atom. The lowest BCUT2D eigenvalue weighted by Gasteiger charge is -2.35. The van der Waals surface area contributed by atoms with Gasteiger partial charge in [0, 0.05) is 30.6 Å². The van der Waals surface area contributed by atoms with Gasteiger partial charge in [-0.3, -0.25) is 4.79 Å². The Morgan fingerprint density at radius 1 is 1.18 bits per heavy atom. The van der Waals surface area contributed by atoms with Crippen LogP contribution in [0.15, 0.2) is 46.6 Å². The van der Waals surface area contributed by atoms with Crippen molar-refractivity contribution < 1.29 is 4.79 Å². The molecule has 0 unspecified atom stereocenters. The first kappa shape index (κ1) is 21.0. The van der Waals surface area contributed by atoms with Crippen LogP contribution in [0.25, 0.3) is 0 Å². The van der Waals surface area contributed by atoms with E-state index in [-0.39, 0.29) is 5.91 Å². The maximum Gasteiger partial charge on any atom is 0.230 e. The fraction of sp³-hybridized carbons (Fsp3) is 0.476. The number of amides is 1. The molecule has 1 aliphatic rings. The zero-order chi connectivity index (χ0) is 19.9. The summed E-state index contributed by atoms with van der Waals surface area (Å²) in [4.78, 5) is 24.5. The SMILES string of the molecule is CSc1ccc(CNC(=O)CSc2cc(N3C[C@H](C)C[C@H](C)C3)ncn2)cc1. The molecule has 1 aliphatic heterocycles. The van der Waals surface area contributed by atoms with Crippen LogP contribution < -0.4 is 10.2 Å². The first-order chi connectivity index (χ1) is 13.5. The van der Waals surface area contributed by atoms with Gasteiger partial charge in [0.05, 0.1) is 5.75 Å². The highest BCUT2D eigenvalue weighted by atomic mass is 32.2. The molecule has 0 radical (unpaired) electrons. The molecule has 28 heavy (non-hydrogen) atoms. The van der Waals surface area contributed by atoms with E-state index in [0.717, 1.165) is 29.5 Å². The molecular formula is C21H28N4OS2. The summed E-state index contributed by atoms with van der Waals surface area (Å²) in [5, 5.41) is 3.82. The normalized spacial score (nSPS) is 19.5. The maximum atomic E-state index is 12.2. The van der Waals surface area contributed by atoms with Crippen molar-refractivity contribution in [2.45, 2.75) is 36.7 Å². The molecule has 0 bridgehead atoms. The Hall–Kier alpha value is -1.73. The molecule has 150 valence electrons. The quantitative estimate of drug-likeness (QED) is 0.542. The average molecular weight is 417 g/mol. The van der Waals surface area contributed by atoms with Crippen molar-refractivity contribution in [3.63, 3.8) is 0 Å². The Bertz CT molecular complexity index is 774. The van der Waals surface area contributed by atoms with Crippen molar-refractivity contribution >= 4 is 35.2 Å². The smallest absolute Gasteiger partial charge is 0.230 e. The molecule has 2 atom stereocenters. The number of carbonyl (C=O) groups is 1. The number of anilines is 1. The van der Waals surface area contributed by atoms with Crippen molar-refractivity contribution in [2.24, 2.45) is 11.8 Å². The lowest BCUT2D eigenvalue weighted by molar-refractivity contribution is -0.118. The molecule has 0 saturated carbocycles. The van der Waals surface area contributed by atoms with E-state index in [1.807, 2.05) is 6.07 Å². The van der Waals surface area contributed by atoms with Crippen LogP contribution in [-0.4, -0.2) is 41.0 Å². The predicted octanol–water partition coefficient (Wildman–Crippen LogP) is 4.09. The van der Waals surface area contributed by atoms with Gasteiger partial charge in [0.1, 0.15) is 17.2 Å². The Kier molecular flexibility index (Phi) is 7.62. The first-order valence-corrected chi connectivity index (χ1v) is 11.8. The number of aromatic nitrogens is 2. The van der Waals surface area contributed by atoms with E-state index in [4.69, 9.17) is 0 Å². The fourth-order valence-electron chi connectivity index (χ4n) is 3.57. The zero-order valence-electron chi connectivity index (χ0n) is 16.7. The van der Waals surface area contributed by atoms with Crippen molar-refractivity contribution in [3.05, 3.63) is 42.2 Å². The van der Waals surface area contributed by atoms with Crippen LogP contribution in [0.3, 0.4) is 0 Å². The number of hydrogen-bond donors (Lipinski definition) is 1. The fourth-order valence-corrected chi connectivity index (χ4v) is 4.67. The summed E-state index contributed by atoms with van der Waals surface area (Å²) in [6.45, 7) is 7.19. The summed E-state index contributed by atoms with van der Waals surface area (Å²) in [6, 6.07) is 10.3. The molecule has 7 heteroatoms. The van der Waals surface area contributed by atoms with Crippen LogP contribution in [0.5, 0.6) is 0 Å². The minimum absolute atomic E-state index is 0.0133. The van der Waals surface area contributed by atoms with Crippen LogP contribution in [0.1, 0.15) is 25.8 Å². The molecule has 2 heterocycles. The van der Waals surface area contributed by atoms with Crippen LogP contribution in [-0.2, 0) is 11.3 Å². The third-order valence-electron chi connectivity index (χ3n) is 4.82. The van der Waals surface area contributed by atoms with Crippen LogP contribution in [0.2, 0.25) is 0 Å². The van der Waals surface area contributed by atoms with Gasteiger partial charge in [-0.15, -0.1) is 11.8 Å². The van der Waals surface area contributed by atoms with E-state index in [0.29, 0.717) is 24.1 Å². The molecule has 1 fully saturated rings. The largest absolute Gasteiger partial charge is 0.356 e. The van der Waals surface area contributed by atoms with Crippen molar-refractivity contribution in [1.29, 1.82) is 0 Å². The second-order valence-corrected chi connectivity index (χ2v) is 9.35. The minimum Gasteiger partial charge on any atom is -0.356 e. The van der Waals surface area contributed by atoms with Gasteiger partial charge in [0.2, 0.25) is 5.91 Å². The van der Waals surface area contributed by atoms with Gasteiger partial charge in [0.15, 0.2) is 0 Å². The highest BCUT2D eigenvalue weighted by molar-refractivity contribution is 7.99. The van der Waals surface area contributed by atoms with Gasteiger partial charge in [-0.1, -0.05) is 37.7 Å². The Labute approximate surface area is 176 Å². The molecule has 1 aromatic heterocycles. The van der Waals surface area contributed by atoms with E-state index in [9.17, 15) is 4.79 Å². The van der Waals surface area contributed by atoms with Gasteiger partial charge < -0.3 is 10.2 Å². The standard InChI is InChI=1S/C21H28N4OS2/c1-15-8-16(2)12-25(11-15)19-9-21(24-14-23-19)28-13-20(26)22-10-17-4-6-18(27-3)7-5-17/h4-7,9,14-16H,8,10-13H2,1-3H3,(H,22,26)/t15-,16+. The van der Waals surface area contributed by atoms with E-state index < -0.39 is 0 Å². The molecule has 0 spiro atoms. The van der Waals surface area contributed by atoms with Crippen LogP contribution in [0.4, 0.5) is 5.82 Å². The van der Waals surface area contributed by atoms with Crippen molar-refractivity contribution in [1.82, 2.24) is 15.3 Å². The number of carbonyl (C=O) groups excluding carboxylic acids is 1. The summed E-state index contributed by atoms with van der Waals surface area (Å²) in [5.74, 6) is 2.67. The van der Waals surface area contributed by atoms with Gasteiger partial charge in [-0.05, 0) is 42.2 Å². The molecule has 0 aliphatic carbocycles. The van der Waals surface area contributed by atoms with Crippen molar-refractivity contribution in [3.8, 4) is 0 Å². The third-order valence-corrected chi connectivity index (χ3v) is 6.49. The van der Waals surface area contributed by atoms with E-state index in [1.54, 1.807) is 18.1 Å². The number of nitrogens with zero attached hydrogens (tertiary/aromatic N) is 3. The van der Waals surface area contributed by atoms with E-state index in [1.165, 1.54) is 23.1 Å². The van der Waals surface area contributed by atoms with E-state index in [2.05, 4.69) is 64.6 Å². The van der Waals surface area contributed by atoms with Crippen LogP contribution >= 0.6 is 23.5 Å². The summed E-state index contributed by atoms with van der Waals surface area (Å²) < 4.78 is 0. The lowest BCUT2D eigenvalue weighted by atomic mass is 9.92. The third kappa shape index (κ3) is 6.14. The maximum absolute atomic E-state index is 12.2. The van der Waals surface area contributed by atoms with Gasteiger partial charge in [0.25, 0.3) is 0 Å². The first-order valence-electron chi connectivity index (χ1n) is 9.63. The Morgan fingerprint density at radius 2 is 1.89 bits per heavy atom. The van der Waals surface area contributed by atoms with Gasteiger partial charge in [-0.25, -0.2) is 9.97 Å². The molecule has 1 aromatic carbocycles. The Balaban J connectivity index is 1.49. The summed E-state index contributed by atoms with van der Waals surface area (Å²) in [7, 11) is 0.